The van der Waals surface area contributed by atoms with Crippen LogP contribution < -0.4 is 4.74 Å². The highest BCUT2D eigenvalue weighted by Gasteiger charge is 2.43. The van der Waals surface area contributed by atoms with Gasteiger partial charge in [-0.2, -0.15) is 5.26 Å². The van der Waals surface area contributed by atoms with Gasteiger partial charge in [-0.1, -0.05) is 25.1 Å². The largest absolute Gasteiger partial charge is 0.493 e. The quantitative estimate of drug-likeness (QED) is 0.541. The number of nitrogens with zero attached hydrogens (tertiary/aromatic N) is 2. The molecule has 8 heteroatoms. The Kier molecular flexibility index (Phi) is 5.89. The molecular weight excluding hydrogens is 392 g/mol. The second-order valence-electron chi connectivity index (χ2n) is 7.09. The van der Waals surface area contributed by atoms with Crippen molar-refractivity contribution in [2.45, 2.75) is 32.7 Å². The van der Waals surface area contributed by atoms with E-state index >= 15 is 0 Å². The molecule has 2 aliphatic heterocycles. The van der Waals surface area contributed by atoms with Crippen LogP contribution >= 0.6 is 0 Å². The molecule has 1 saturated heterocycles. The van der Waals surface area contributed by atoms with Crippen molar-refractivity contribution in [1.82, 2.24) is 4.90 Å². The third-order valence-corrected chi connectivity index (χ3v) is 6.78. The first kappa shape index (κ1) is 20.8. The Morgan fingerprint density at radius 1 is 1.28 bits per heavy atom. The molecule has 1 atom stereocenters. The Morgan fingerprint density at radius 2 is 2.00 bits per heavy atom. The minimum absolute atomic E-state index is 0.0773. The lowest BCUT2D eigenvalue weighted by Crippen LogP contribution is -2.49. The van der Waals surface area contributed by atoms with E-state index in [-0.39, 0.29) is 34.6 Å². The average Bonchev–Trinajstić information content (AvgIpc) is 3.04. The average molecular weight is 414 g/mol. The first-order valence-corrected chi connectivity index (χ1v) is 11.2. The molecule has 0 radical (unpaired) electrons. The number of para-hydroxylation sites is 1. The maximum absolute atomic E-state index is 13.2. The lowest BCUT2D eigenvalue weighted by Gasteiger charge is -2.31. The smallest absolute Gasteiger partial charge is 0.271 e. The zero-order valence-corrected chi connectivity index (χ0v) is 17.2. The molecule has 0 aromatic heterocycles. The van der Waals surface area contributed by atoms with Crippen molar-refractivity contribution >= 4 is 27.7 Å². The van der Waals surface area contributed by atoms with Crippen LogP contribution in [-0.4, -0.2) is 49.3 Å². The fourth-order valence-corrected chi connectivity index (χ4v) is 5.21. The molecule has 7 nitrogen and oxygen atoms in total. The molecule has 0 aliphatic carbocycles. The van der Waals surface area contributed by atoms with Gasteiger partial charge < -0.3 is 4.74 Å². The molecule has 1 unspecified atom stereocenters. The molecule has 0 saturated carbocycles. The van der Waals surface area contributed by atoms with Crippen LogP contribution in [0.2, 0.25) is 0 Å². The predicted octanol–water partition coefficient (Wildman–Crippen LogP) is 2.25. The Morgan fingerprint density at radius 3 is 2.62 bits per heavy atom. The number of amides is 2. The maximum Gasteiger partial charge on any atom is 0.271 e. The maximum atomic E-state index is 13.2. The van der Waals surface area contributed by atoms with E-state index in [0.29, 0.717) is 17.9 Å². The highest BCUT2D eigenvalue weighted by atomic mass is 32.2. The second-order valence-corrected chi connectivity index (χ2v) is 9.32. The summed E-state index contributed by atoms with van der Waals surface area (Å²) in [6, 6.07) is 8.31. The molecule has 0 N–H and O–H groups in total. The van der Waals surface area contributed by atoms with Crippen molar-refractivity contribution in [2.75, 3.05) is 18.1 Å². The number of carbonyl (C=O) groups excluding carboxylic acids is 2. The van der Waals surface area contributed by atoms with Crippen molar-refractivity contribution in [3.63, 3.8) is 0 Å². The normalized spacial score (nSPS) is 22.9. The third kappa shape index (κ3) is 4.10. The van der Waals surface area contributed by atoms with E-state index in [4.69, 9.17) is 4.74 Å². The zero-order chi connectivity index (χ0) is 21.2. The van der Waals surface area contributed by atoms with Gasteiger partial charge in [0.05, 0.1) is 24.2 Å². The molecule has 1 aromatic carbocycles. The van der Waals surface area contributed by atoms with Crippen molar-refractivity contribution < 1.29 is 22.7 Å². The molecule has 152 valence electrons. The summed E-state index contributed by atoms with van der Waals surface area (Å²) >= 11 is 0. The lowest BCUT2D eigenvalue weighted by atomic mass is 9.92. The molecule has 2 heterocycles. The SMILES string of the molecule is CCCOc1ccccc1C=C1C(=O)N(C2CCS(=O)(=O)C2)C(=O)C(C#N)=C1C. The number of benzene rings is 1. The highest BCUT2D eigenvalue weighted by molar-refractivity contribution is 7.91. The summed E-state index contributed by atoms with van der Waals surface area (Å²) in [5, 5.41) is 9.50. The standard InChI is InChI=1S/C21H22N2O5S/c1-3-9-28-19-7-5-4-6-15(19)11-17-14(2)18(12-22)21(25)23(20(17)24)16-8-10-29(26,27)13-16/h4-7,11,16H,3,8-10,13H2,1-2H3. The molecule has 3 rings (SSSR count). The van der Waals surface area contributed by atoms with Gasteiger partial charge in [-0.3, -0.25) is 14.5 Å². The Hall–Kier alpha value is -2.92. The van der Waals surface area contributed by atoms with Crippen LogP contribution in [0.3, 0.4) is 0 Å². The summed E-state index contributed by atoms with van der Waals surface area (Å²) in [6.45, 7) is 4.05. The van der Waals surface area contributed by atoms with E-state index in [0.717, 1.165) is 11.3 Å². The predicted molar refractivity (Wildman–Crippen MR) is 107 cm³/mol. The van der Waals surface area contributed by atoms with E-state index in [1.165, 1.54) is 0 Å². The van der Waals surface area contributed by atoms with Gasteiger partial charge in [0.2, 0.25) is 0 Å². The Bertz CT molecular complexity index is 1060. The van der Waals surface area contributed by atoms with Crippen molar-refractivity contribution in [3.05, 3.63) is 46.5 Å². The molecule has 1 aromatic rings. The molecule has 0 bridgehead atoms. The summed E-state index contributed by atoms with van der Waals surface area (Å²) < 4.78 is 29.5. The highest BCUT2D eigenvalue weighted by Crippen LogP contribution is 2.32. The summed E-state index contributed by atoms with van der Waals surface area (Å²) in [6.07, 6.45) is 2.60. The van der Waals surface area contributed by atoms with Gasteiger partial charge in [0.1, 0.15) is 17.4 Å². The molecule has 2 amide bonds. The number of rotatable bonds is 5. The molecule has 2 aliphatic rings. The molecule has 0 spiro atoms. The number of nitriles is 1. The van der Waals surface area contributed by atoms with Gasteiger partial charge in [0.25, 0.3) is 11.8 Å². The van der Waals surface area contributed by atoms with Crippen LogP contribution in [0.5, 0.6) is 5.75 Å². The van der Waals surface area contributed by atoms with Gasteiger partial charge in [-0.15, -0.1) is 0 Å². The van der Waals surface area contributed by atoms with Crippen LogP contribution in [0.4, 0.5) is 0 Å². The van der Waals surface area contributed by atoms with Gasteiger partial charge in [0, 0.05) is 11.1 Å². The van der Waals surface area contributed by atoms with E-state index in [1.807, 2.05) is 19.1 Å². The first-order valence-electron chi connectivity index (χ1n) is 9.42. The number of carbonyl (C=O) groups is 2. The molecular formula is C21H22N2O5S. The van der Waals surface area contributed by atoms with Crippen molar-refractivity contribution in [2.24, 2.45) is 0 Å². The number of hydrogen-bond donors (Lipinski definition) is 0. The fraction of sp³-hybridized carbons (Fsp3) is 0.381. The van der Waals surface area contributed by atoms with E-state index in [9.17, 15) is 23.3 Å². The zero-order valence-electron chi connectivity index (χ0n) is 16.3. The van der Waals surface area contributed by atoms with Crippen molar-refractivity contribution in [3.8, 4) is 11.8 Å². The number of ether oxygens (including phenoxy) is 1. The fourth-order valence-electron chi connectivity index (χ4n) is 3.51. The molecule has 1 fully saturated rings. The summed E-state index contributed by atoms with van der Waals surface area (Å²) in [7, 11) is -3.31. The minimum Gasteiger partial charge on any atom is -0.493 e. The minimum atomic E-state index is -3.31. The Balaban J connectivity index is 2.08. The summed E-state index contributed by atoms with van der Waals surface area (Å²) in [5.74, 6) is -1.07. The third-order valence-electron chi connectivity index (χ3n) is 5.03. The van der Waals surface area contributed by atoms with E-state index in [2.05, 4.69) is 0 Å². The van der Waals surface area contributed by atoms with Gasteiger partial charge in [-0.25, -0.2) is 8.42 Å². The Labute approximate surface area is 170 Å². The number of imide groups is 1. The number of hydrogen-bond acceptors (Lipinski definition) is 6. The topological polar surface area (TPSA) is 105 Å². The van der Waals surface area contributed by atoms with Gasteiger partial charge in [-0.05, 0) is 37.5 Å². The lowest BCUT2D eigenvalue weighted by molar-refractivity contribution is -0.142. The van der Waals surface area contributed by atoms with Gasteiger partial charge in [0.15, 0.2) is 9.84 Å². The van der Waals surface area contributed by atoms with E-state index in [1.54, 1.807) is 31.2 Å². The summed E-state index contributed by atoms with van der Waals surface area (Å²) in [5.41, 5.74) is 0.976. The van der Waals surface area contributed by atoms with E-state index < -0.39 is 27.7 Å². The summed E-state index contributed by atoms with van der Waals surface area (Å²) in [4.78, 5) is 26.9. The van der Waals surface area contributed by atoms with Crippen LogP contribution in [0.15, 0.2) is 41.0 Å². The monoisotopic (exact) mass is 414 g/mol. The number of sulfone groups is 1. The second kappa shape index (κ2) is 8.21. The van der Waals surface area contributed by atoms with Crippen LogP contribution in [-0.2, 0) is 19.4 Å². The van der Waals surface area contributed by atoms with Crippen molar-refractivity contribution in [1.29, 1.82) is 5.26 Å². The first-order chi connectivity index (χ1) is 13.8. The van der Waals surface area contributed by atoms with Crippen LogP contribution in [0, 0.1) is 11.3 Å². The molecule has 29 heavy (non-hydrogen) atoms. The van der Waals surface area contributed by atoms with Crippen LogP contribution in [0.1, 0.15) is 32.3 Å². The van der Waals surface area contributed by atoms with Crippen LogP contribution in [0.25, 0.3) is 6.08 Å². The van der Waals surface area contributed by atoms with Gasteiger partial charge >= 0.3 is 0 Å².